The van der Waals surface area contributed by atoms with E-state index in [4.69, 9.17) is 9.84 Å². The van der Waals surface area contributed by atoms with Gasteiger partial charge in [0.15, 0.2) is 0 Å². The van der Waals surface area contributed by atoms with Crippen LogP contribution in [0.2, 0.25) is 0 Å². The first-order valence-corrected chi connectivity index (χ1v) is 10.7. The topological polar surface area (TPSA) is 46.5 Å². The van der Waals surface area contributed by atoms with Crippen molar-refractivity contribution in [2.75, 3.05) is 6.61 Å². The number of rotatable bonds is 17. The first-order chi connectivity index (χ1) is 12.8. The van der Waals surface area contributed by atoms with Crippen molar-refractivity contribution in [2.24, 2.45) is 0 Å². The summed E-state index contributed by atoms with van der Waals surface area (Å²) in [6.45, 7) is 2.87. The summed E-state index contributed by atoms with van der Waals surface area (Å²) in [5, 5.41) is 9.11. The fourth-order valence-corrected chi connectivity index (χ4v) is 3.25. The van der Waals surface area contributed by atoms with Crippen LogP contribution < -0.4 is 4.74 Å². The minimum absolute atomic E-state index is 0. The largest absolute Gasteiger partial charge is 2.00 e. The van der Waals surface area contributed by atoms with Gasteiger partial charge in [0.1, 0.15) is 11.3 Å². The average Bonchev–Trinajstić information content (AvgIpc) is 2.65. The first kappa shape index (κ1) is 26.7. The molecular formula is C23H40CaO3. The zero-order valence-electron chi connectivity index (χ0n) is 19.4. The zero-order valence-corrected chi connectivity index (χ0v) is 19.6. The number of unbranched alkanes of at least 4 members (excludes halogenated alkanes) is 13. The molecular weight excluding hydrogens is 364 g/mol. The average molecular weight is 405 g/mol. The van der Waals surface area contributed by atoms with Gasteiger partial charge in [0.05, 0.1) is 6.61 Å². The SMILES string of the molecule is CCCCCCCCCCCCCCCCOc1ccccc1C(=O)O.[Ca+2].[H-].[H-]. The van der Waals surface area contributed by atoms with Crippen LogP contribution in [0.15, 0.2) is 24.3 Å². The quantitative estimate of drug-likeness (QED) is 0.223. The number of hydrogen-bond donors (Lipinski definition) is 1. The van der Waals surface area contributed by atoms with E-state index in [2.05, 4.69) is 6.92 Å². The van der Waals surface area contributed by atoms with E-state index in [9.17, 15) is 4.79 Å². The standard InChI is InChI=1S/C23H38O3.Ca.2H/c1-2-3-4-5-6-7-8-9-10-11-12-13-14-17-20-26-22-19-16-15-18-21(22)23(24)25;;;/h15-16,18-19H,2-14,17,20H2,1H3,(H,24,25);;;/q;+2;2*-1. The Bertz CT molecular complexity index is 487. The molecule has 0 fully saturated rings. The molecule has 0 atom stereocenters. The molecule has 152 valence electrons. The normalized spacial score (nSPS) is 10.4. The van der Waals surface area contributed by atoms with E-state index in [0.29, 0.717) is 12.4 Å². The molecule has 1 N–H and O–H groups in total. The van der Waals surface area contributed by atoms with Crippen molar-refractivity contribution >= 4 is 43.7 Å². The molecule has 0 aliphatic carbocycles. The van der Waals surface area contributed by atoms with Gasteiger partial charge < -0.3 is 12.7 Å². The van der Waals surface area contributed by atoms with E-state index in [1.165, 1.54) is 77.0 Å². The Morgan fingerprint density at radius 1 is 0.815 bits per heavy atom. The van der Waals surface area contributed by atoms with Crippen LogP contribution in [0.3, 0.4) is 0 Å². The van der Waals surface area contributed by atoms with Crippen molar-refractivity contribution < 1.29 is 17.5 Å². The third-order valence-electron chi connectivity index (χ3n) is 4.87. The van der Waals surface area contributed by atoms with Crippen LogP contribution in [0.5, 0.6) is 5.75 Å². The molecule has 0 bridgehead atoms. The molecule has 0 aliphatic rings. The molecule has 1 rings (SSSR count). The van der Waals surface area contributed by atoms with Gasteiger partial charge in [-0.1, -0.05) is 103 Å². The molecule has 0 aromatic heterocycles. The summed E-state index contributed by atoms with van der Waals surface area (Å²) in [5.41, 5.74) is 0.248. The smallest absolute Gasteiger partial charge is 1.00 e. The summed E-state index contributed by atoms with van der Waals surface area (Å²) in [6.07, 6.45) is 18.6. The number of para-hydroxylation sites is 1. The number of carboxylic acids is 1. The second-order valence-electron chi connectivity index (χ2n) is 7.25. The van der Waals surface area contributed by atoms with Crippen molar-refractivity contribution in [1.29, 1.82) is 0 Å². The van der Waals surface area contributed by atoms with Gasteiger partial charge in [-0.2, -0.15) is 0 Å². The van der Waals surface area contributed by atoms with E-state index >= 15 is 0 Å². The molecule has 0 unspecified atom stereocenters. The van der Waals surface area contributed by atoms with Crippen LogP contribution >= 0.6 is 0 Å². The second-order valence-corrected chi connectivity index (χ2v) is 7.25. The summed E-state index contributed by atoms with van der Waals surface area (Å²) >= 11 is 0. The second kappa shape index (κ2) is 19.1. The van der Waals surface area contributed by atoms with Gasteiger partial charge in [0.25, 0.3) is 0 Å². The Morgan fingerprint density at radius 3 is 1.74 bits per heavy atom. The maximum atomic E-state index is 11.1. The molecule has 1 aromatic carbocycles. The van der Waals surface area contributed by atoms with Gasteiger partial charge in [-0.25, -0.2) is 4.79 Å². The van der Waals surface area contributed by atoms with Gasteiger partial charge in [-0.05, 0) is 18.6 Å². The Morgan fingerprint density at radius 2 is 1.26 bits per heavy atom. The number of carbonyl (C=O) groups is 1. The van der Waals surface area contributed by atoms with Gasteiger partial charge in [0.2, 0.25) is 0 Å². The fourth-order valence-electron chi connectivity index (χ4n) is 3.25. The van der Waals surface area contributed by atoms with Crippen LogP contribution in [0.25, 0.3) is 0 Å². The van der Waals surface area contributed by atoms with Crippen LogP contribution in [-0.2, 0) is 0 Å². The van der Waals surface area contributed by atoms with Gasteiger partial charge in [0, 0.05) is 0 Å². The zero-order chi connectivity index (χ0) is 18.9. The molecule has 0 spiro atoms. The molecule has 0 heterocycles. The molecule has 4 heteroatoms. The summed E-state index contributed by atoms with van der Waals surface area (Å²) < 4.78 is 5.62. The summed E-state index contributed by atoms with van der Waals surface area (Å²) in [7, 11) is 0. The maximum absolute atomic E-state index is 11.1. The van der Waals surface area contributed by atoms with Gasteiger partial charge in [-0.15, -0.1) is 0 Å². The number of ether oxygens (including phenoxy) is 1. The minimum atomic E-state index is -0.929. The third-order valence-corrected chi connectivity index (χ3v) is 4.87. The molecule has 0 amide bonds. The monoisotopic (exact) mass is 404 g/mol. The predicted molar refractivity (Wildman–Crippen MR) is 117 cm³/mol. The van der Waals surface area contributed by atoms with Crippen molar-refractivity contribution in [1.82, 2.24) is 0 Å². The van der Waals surface area contributed by atoms with E-state index in [1.54, 1.807) is 18.2 Å². The van der Waals surface area contributed by atoms with Crippen LogP contribution in [-0.4, -0.2) is 55.4 Å². The minimum Gasteiger partial charge on any atom is -1.00 e. The molecule has 27 heavy (non-hydrogen) atoms. The van der Waals surface area contributed by atoms with Crippen molar-refractivity contribution in [3.8, 4) is 5.75 Å². The number of carboxylic acid groups (broad SMARTS) is 1. The first-order valence-electron chi connectivity index (χ1n) is 10.7. The maximum Gasteiger partial charge on any atom is 2.00 e. The summed E-state index contributed by atoms with van der Waals surface area (Å²) in [6, 6.07) is 6.85. The number of hydrogen-bond acceptors (Lipinski definition) is 2. The Hall–Kier alpha value is -0.250. The molecule has 3 nitrogen and oxygen atoms in total. The Labute approximate surface area is 199 Å². The van der Waals surface area contributed by atoms with E-state index in [1.807, 2.05) is 6.07 Å². The van der Waals surface area contributed by atoms with E-state index in [0.717, 1.165) is 12.8 Å². The van der Waals surface area contributed by atoms with Crippen LogP contribution in [0.1, 0.15) is 110 Å². The summed E-state index contributed by atoms with van der Waals surface area (Å²) in [5.74, 6) is -0.448. The molecule has 0 saturated carbocycles. The number of benzene rings is 1. The molecule has 0 radical (unpaired) electrons. The van der Waals surface area contributed by atoms with Gasteiger partial charge in [-0.3, -0.25) is 0 Å². The molecule has 0 aliphatic heterocycles. The molecule has 0 saturated heterocycles. The third kappa shape index (κ3) is 14.4. The molecule has 1 aromatic rings. The van der Waals surface area contributed by atoms with Crippen molar-refractivity contribution in [2.45, 2.75) is 96.8 Å². The van der Waals surface area contributed by atoms with Crippen LogP contribution in [0.4, 0.5) is 0 Å². The van der Waals surface area contributed by atoms with E-state index in [-0.39, 0.29) is 46.2 Å². The summed E-state index contributed by atoms with van der Waals surface area (Å²) in [4.78, 5) is 11.1. The van der Waals surface area contributed by atoms with Crippen molar-refractivity contribution in [3.63, 3.8) is 0 Å². The van der Waals surface area contributed by atoms with Crippen molar-refractivity contribution in [3.05, 3.63) is 29.8 Å². The van der Waals surface area contributed by atoms with E-state index < -0.39 is 5.97 Å². The Balaban J connectivity index is -0.00000225. The van der Waals surface area contributed by atoms with Crippen LogP contribution in [0, 0.1) is 0 Å². The van der Waals surface area contributed by atoms with Gasteiger partial charge >= 0.3 is 43.7 Å². The number of aromatic carboxylic acids is 1. The predicted octanol–water partition coefficient (Wildman–Crippen LogP) is 7.09. The Kier molecular flexibility index (Phi) is 18.9. The fraction of sp³-hybridized carbons (Fsp3) is 0.696.